The van der Waals surface area contributed by atoms with Crippen molar-refractivity contribution in [2.45, 2.75) is 19.9 Å². The molecule has 5 nitrogen and oxygen atoms in total. The Kier molecular flexibility index (Phi) is 3.89. The Balaban J connectivity index is 2.03. The molecule has 1 aliphatic heterocycles. The number of benzene rings is 2. The van der Waals surface area contributed by atoms with Crippen LogP contribution in [-0.2, 0) is 4.79 Å². The first kappa shape index (κ1) is 16.3. The first-order valence-electron chi connectivity index (χ1n) is 7.78. The van der Waals surface area contributed by atoms with Crippen molar-refractivity contribution in [2.24, 2.45) is 0 Å². The van der Waals surface area contributed by atoms with E-state index in [1.54, 1.807) is 21.7 Å². The molecule has 1 aliphatic rings. The molecule has 1 amide bonds. The van der Waals surface area contributed by atoms with Crippen LogP contribution in [0.1, 0.15) is 18.7 Å². The second-order valence-electron chi connectivity index (χ2n) is 5.96. The minimum atomic E-state index is -0.474. The van der Waals surface area contributed by atoms with E-state index in [-0.39, 0.29) is 5.91 Å². The normalized spacial score (nSPS) is 16.4. The maximum Gasteiger partial charge on any atom is 0.256 e. The van der Waals surface area contributed by atoms with Crippen molar-refractivity contribution in [1.29, 1.82) is 0 Å². The summed E-state index contributed by atoms with van der Waals surface area (Å²) in [6, 6.07) is 12.7. The van der Waals surface area contributed by atoms with Crippen molar-refractivity contribution in [1.82, 2.24) is 15.0 Å². The zero-order valence-corrected chi connectivity index (χ0v) is 15.9. The SMILES string of the molecule is Cc1nnn2c1-c1ccc(Br)cc1N(c1ccc(Cl)cc1)C(=O)C2C. The highest BCUT2D eigenvalue weighted by Crippen LogP contribution is 2.42. The van der Waals surface area contributed by atoms with E-state index in [2.05, 4.69) is 26.2 Å². The quantitative estimate of drug-likeness (QED) is 0.565. The topological polar surface area (TPSA) is 51.0 Å². The Morgan fingerprint density at radius 2 is 1.88 bits per heavy atom. The molecule has 0 saturated carbocycles. The van der Waals surface area contributed by atoms with Crippen LogP contribution in [0.15, 0.2) is 46.9 Å². The highest BCUT2D eigenvalue weighted by molar-refractivity contribution is 9.10. The summed E-state index contributed by atoms with van der Waals surface area (Å²) in [5, 5.41) is 8.99. The zero-order chi connectivity index (χ0) is 17.7. The summed E-state index contributed by atoms with van der Waals surface area (Å²) < 4.78 is 2.59. The van der Waals surface area contributed by atoms with Gasteiger partial charge in [0.2, 0.25) is 0 Å². The molecule has 3 aromatic rings. The van der Waals surface area contributed by atoms with Crippen molar-refractivity contribution in [3.05, 3.63) is 57.7 Å². The zero-order valence-electron chi connectivity index (χ0n) is 13.6. The third-order valence-electron chi connectivity index (χ3n) is 4.35. The van der Waals surface area contributed by atoms with Crippen LogP contribution in [0.3, 0.4) is 0 Å². The fraction of sp³-hybridized carbons (Fsp3) is 0.167. The summed E-state index contributed by atoms with van der Waals surface area (Å²) in [5.74, 6) is -0.0784. The van der Waals surface area contributed by atoms with Crippen molar-refractivity contribution in [2.75, 3.05) is 4.90 Å². The number of rotatable bonds is 1. The van der Waals surface area contributed by atoms with Crippen LogP contribution in [0.5, 0.6) is 0 Å². The van der Waals surface area contributed by atoms with E-state index in [1.807, 2.05) is 44.2 Å². The molecule has 126 valence electrons. The molecule has 1 aromatic heterocycles. The van der Waals surface area contributed by atoms with Crippen LogP contribution in [-0.4, -0.2) is 20.9 Å². The van der Waals surface area contributed by atoms with Crippen LogP contribution >= 0.6 is 27.5 Å². The van der Waals surface area contributed by atoms with E-state index < -0.39 is 6.04 Å². The highest BCUT2D eigenvalue weighted by Gasteiger charge is 2.34. The first-order valence-corrected chi connectivity index (χ1v) is 8.95. The van der Waals surface area contributed by atoms with Crippen LogP contribution in [0.2, 0.25) is 5.02 Å². The number of nitrogens with zero attached hydrogens (tertiary/aromatic N) is 4. The minimum absolute atomic E-state index is 0.0784. The van der Waals surface area contributed by atoms with Gasteiger partial charge in [0.15, 0.2) is 0 Å². The Morgan fingerprint density at radius 3 is 2.60 bits per heavy atom. The van der Waals surface area contributed by atoms with E-state index in [0.717, 1.165) is 32.8 Å². The molecule has 1 unspecified atom stereocenters. The van der Waals surface area contributed by atoms with Crippen LogP contribution in [0.4, 0.5) is 11.4 Å². The summed E-state index contributed by atoms with van der Waals surface area (Å²) >= 11 is 9.53. The fourth-order valence-electron chi connectivity index (χ4n) is 3.12. The van der Waals surface area contributed by atoms with Crippen molar-refractivity contribution < 1.29 is 4.79 Å². The standard InChI is InChI=1S/C18H14BrClN4O/c1-10-17-15-8-3-12(19)9-16(15)23(14-6-4-13(20)5-7-14)18(25)11(2)24(17)22-21-10/h3-9,11H,1-2H3. The number of carbonyl (C=O) groups excluding carboxylic acids is 1. The fourth-order valence-corrected chi connectivity index (χ4v) is 3.59. The molecular formula is C18H14BrClN4O. The lowest BCUT2D eigenvalue weighted by molar-refractivity contribution is -0.120. The number of amides is 1. The van der Waals surface area contributed by atoms with Gasteiger partial charge in [-0.15, -0.1) is 5.10 Å². The Bertz CT molecular complexity index is 983. The molecule has 2 heterocycles. The van der Waals surface area contributed by atoms with E-state index in [0.29, 0.717) is 5.02 Å². The lowest BCUT2D eigenvalue weighted by atomic mass is 10.1. The number of carbonyl (C=O) groups is 1. The van der Waals surface area contributed by atoms with Gasteiger partial charge in [-0.2, -0.15) is 0 Å². The number of anilines is 2. The van der Waals surface area contributed by atoms with E-state index in [4.69, 9.17) is 11.6 Å². The van der Waals surface area contributed by atoms with E-state index in [9.17, 15) is 4.79 Å². The maximum absolute atomic E-state index is 13.3. The average molecular weight is 418 g/mol. The smallest absolute Gasteiger partial charge is 0.256 e. The molecule has 25 heavy (non-hydrogen) atoms. The molecule has 0 spiro atoms. The number of halogens is 2. The largest absolute Gasteiger partial charge is 0.278 e. The molecule has 1 atom stereocenters. The molecule has 2 aromatic carbocycles. The Labute approximate surface area is 158 Å². The lowest BCUT2D eigenvalue weighted by Gasteiger charge is -2.25. The lowest BCUT2D eigenvalue weighted by Crippen LogP contribution is -2.31. The predicted octanol–water partition coefficient (Wildman–Crippen LogP) is 4.91. The summed E-state index contributed by atoms with van der Waals surface area (Å²) in [4.78, 5) is 15.0. The second-order valence-corrected chi connectivity index (χ2v) is 7.31. The van der Waals surface area contributed by atoms with Gasteiger partial charge in [-0.05, 0) is 56.3 Å². The molecule has 7 heteroatoms. The van der Waals surface area contributed by atoms with Crippen LogP contribution in [0.25, 0.3) is 11.3 Å². The summed E-state index contributed by atoms with van der Waals surface area (Å²) in [5.41, 5.74) is 4.12. The summed E-state index contributed by atoms with van der Waals surface area (Å²) in [6.45, 7) is 3.74. The number of hydrogen-bond donors (Lipinski definition) is 0. The number of hydrogen-bond acceptors (Lipinski definition) is 3. The summed E-state index contributed by atoms with van der Waals surface area (Å²) in [7, 11) is 0. The Hall–Kier alpha value is -2.18. The minimum Gasteiger partial charge on any atom is -0.278 e. The van der Waals surface area contributed by atoms with Gasteiger partial charge in [-0.25, -0.2) is 4.68 Å². The molecule has 0 N–H and O–H groups in total. The first-order chi connectivity index (χ1) is 12.0. The van der Waals surface area contributed by atoms with Gasteiger partial charge in [-0.3, -0.25) is 9.69 Å². The van der Waals surface area contributed by atoms with Gasteiger partial charge in [0, 0.05) is 20.7 Å². The van der Waals surface area contributed by atoms with Gasteiger partial charge in [-0.1, -0.05) is 32.7 Å². The van der Waals surface area contributed by atoms with Crippen molar-refractivity contribution in [3.8, 4) is 11.3 Å². The molecule has 0 radical (unpaired) electrons. The second kappa shape index (κ2) is 5.97. The van der Waals surface area contributed by atoms with E-state index >= 15 is 0 Å². The number of aromatic nitrogens is 3. The van der Waals surface area contributed by atoms with Crippen LogP contribution in [0, 0.1) is 6.92 Å². The number of fused-ring (bicyclic) bond motifs is 3. The monoisotopic (exact) mass is 416 g/mol. The molecule has 0 aliphatic carbocycles. The maximum atomic E-state index is 13.3. The van der Waals surface area contributed by atoms with Crippen molar-refractivity contribution >= 4 is 44.8 Å². The van der Waals surface area contributed by atoms with Gasteiger partial charge in [0.05, 0.1) is 17.1 Å². The Morgan fingerprint density at radius 1 is 1.16 bits per heavy atom. The third kappa shape index (κ3) is 2.56. The van der Waals surface area contributed by atoms with Crippen LogP contribution < -0.4 is 4.90 Å². The number of aryl methyl sites for hydroxylation is 1. The summed E-state index contributed by atoms with van der Waals surface area (Å²) in [6.07, 6.45) is 0. The highest BCUT2D eigenvalue weighted by atomic mass is 79.9. The van der Waals surface area contributed by atoms with Crippen molar-refractivity contribution in [3.63, 3.8) is 0 Å². The average Bonchev–Trinajstić information content (AvgIpc) is 2.94. The third-order valence-corrected chi connectivity index (χ3v) is 5.09. The molecule has 4 rings (SSSR count). The molecule has 0 saturated heterocycles. The van der Waals surface area contributed by atoms with Gasteiger partial charge >= 0.3 is 0 Å². The van der Waals surface area contributed by atoms with Gasteiger partial charge in [0.1, 0.15) is 6.04 Å². The predicted molar refractivity (Wildman–Crippen MR) is 101 cm³/mol. The van der Waals surface area contributed by atoms with Gasteiger partial charge in [0.25, 0.3) is 5.91 Å². The van der Waals surface area contributed by atoms with Gasteiger partial charge < -0.3 is 0 Å². The molecule has 0 bridgehead atoms. The molecule has 0 fully saturated rings. The van der Waals surface area contributed by atoms with E-state index in [1.165, 1.54) is 0 Å². The molecular weight excluding hydrogens is 404 g/mol.